The number of rotatable bonds is 6. The van der Waals surface area contributed by atoms with Crippen molar-refractivity contribution >= 4 is 11.6 Å². The van der Waals surface area contributed by atoms with Crippen LogP contribution in [0, 0.1) is 12.7 Å². The molecule has 6 nitrogen and oxygen atoms in total. The lowest BCUT2D eigenvalue weighted by atomic mass is 10.2. The van der Waals surface area contributed by atoms with E-state index in [1.54, 1.807) is 43.6 Å². The molecule has 0 fully saturated rings. The van der Waals surface area contributed by atoms with Crippen LogP contribution in [0.25, 0.3) is 11.3 Å². The van der Waals surface area contributed by atoms with Crippen LogP contribution in [0.4, 0.5) is 10.1 Å². The molecule has 0 aliphatic heterocycles. The number of hydrogen-bond acceptors (Lipinski definition) is 4. The Bertz CT molecular complexity index is 1000. The van der Waals surface area contributed by atoms with E-state index in [-0.39, 0.29) is 23.7 Å². The summed E-state index contributed by atoms with van der Waals surface area (Å²) in [6.07, 6.45) is 3.97. The summed E-state index contributed by atoms with van der Waals surface area (Å²) in [4.78, 5) is 28.0. The van der Waals surface area contributed by atoms with Crippen molar-refractivity contribution in [3.05, 3.63) is 76.6 Å². The maximum absolute atomic E-state index is 13.5. The molecule has 0 aliphatic rings. The third-order valence-electron chi connectivity index (χ3n) is 4.05. The lowest BCUT2D eigenvalue weighted by Gasteiger charge is -2.08. The molecule has 0 spiro atoms. The van der Waals surface area contributed by atoms with Crippen LogP contribution in [0.2, 0.25) is 0 Å². The van der Waals surface area contributed by atoms with Crippen LogP contribution in [0.5, 0.6) is 0 Å². The largest absolute Gasteiger partial charge is 0.326 e. The smallest absolute Gasteiger partial charge is 0.266 e. The zero-order valence-electron chi connectivity index (χ0n) is 14.9. The van der Waals surface area contributed by atoms with E-state index in [1.165, 1.54) is 16.8 Å². The monoisotopic (exact) mass is 366 g/mol. The molecule has 0 radical (unpaired) electrons. The van der Waals surface area contributed by atoms with E-state index in [9.17, 15) is 14.0 Å². The summed E-state index contributed by atoms with van der Waals surface area (Å²) in [6.45, 7) is 1.97. The molecule has 0 aliphatic carbocycles. The Kier molecular flexibility index (Phi) is 5.71. The Labute approximate surface area is 155 Å². The fourth-order valence-electron chi connectivity index (χ4n) is 2.56. The Morgan fingerprint density at radius 2 is 2.07 bits per heavy atom. The van der Waals surface area contributed by atoms with Crippen LogP contribution in [-0.4, -0.2) is 20.7 Å². The van der Waals surface area contributed by atoms with Gasteiger partial charge in [0.2, 0.25) is 5.91 Å². The van der Waals surface area contributed by atoms with Crippen LogP contribution in [0.1, 0.15) is 18.4 Å². The molecule has 7 heteroatoms. The SMILES string of the molecule is Cc1ccc(NC(=O)CCCn2nc(-c3cccnc3)ccc2=O)cc1F. The number of carbonyl (C=O) groups excluding carboxylic acids is 1. The molecule has 27 heavy (non-hydrogen) atoms. The first kappa shape index (κ1) is 18.4. The van der Waals surface area contributed by atoms with Gasteiger partial charge in [0.05, 0.1) is 5.69 Å². The first-order chi connectivity index (χ1) is 13.0. The summed E-state index contributed by atoms with van der Waals surface area (Å²) < 4.78 is 14.9. The maximum Gasteiger partial charge on any atom is 0.266 e. The van der Waals surface area contributed by atoms with Gasteiger partial charge in [0.25, 0.3) is 5.56 Å². The standard InChI is InChI=1S/C20H19FN4O2/c1-14-6-7-16(12-17(14)21)23-19(26)5-3-11-25-20(27)9-8-18(24-25)15-4-2-10-22-13-15/h2,4,6-10,12-13H,3,5,11H2,1H3,(H,23,26). The quantitative estimate of drug-likeness (QED) is 0.727. The molecule has 3 aromatic rings. The molecule has 2 heterocycles. The van der Waals surface area contributed by atoms with E-state index in [0.717, 1.165) is 5.56 Å². The molecule has 0 atom stereocenters. The maximum atomic E-state index is 13.5. The van der Waals surface area contributed by atoms with Crippen molar-refractivity contribution in [1.29, 1.82) is 0 Å². The molecule has 1 N–H and O–H groups in total. The van der Waals surface area contributed by atoms with Crippen molar-refractivity contribution in [1.82, 2.24) is 14.8 Å². The first-order valence-corrected chi connectivity index (χ1v) is 8.57. The van der Waals surface area contributed by atoms with Crippen LogP contribution in [0.15, 0.2) is 59.7 Å². The second-order valence-electron chi connectivity index (χ2n) is 6.14. The summed E-state index contributed by atoms with van der Waals surface area (Å²) in [7, 11) is 0. The number of amides is 1. The van der Waals surface area contributed by atoms with Gasteiger partial charge < -0.3 is 5.32 Å². The van der Waals surface area contributed by atoms with E-state index in [2.05, 4.69) is 15.4 Å². The van der Waals surface area contributed by atoms with Crippen molar-refractivity contribution in [2.24, 2.45) is 0 Å². The normalized spacial score (nSPS) is 10.6. The second-order valence-corrected chi connectivity index (χ2v) is 6.14. The van der Waals surface area contributed by atoms with Gasteiger partial charge in [-0.3, -0.25) is 14.6 Å². The number of carbonyl (C=O) groups is 1. The van der Waals surface area contributed by atoms with E-state index in [4.69, 9.17) is 0 Å². The number of hydrogen-bond donors (Lipinski definition) is 1. The highest BCUT2D eigenvalue weighted by Crippen LogP contribution is 2.15. The van der Waals surface area contributed by atoms with Crippen molar-refractivity contribution in [2.45, 2.75) is 26.3 Å². The molecule has 0 bridgehead atoms. The van der Waals surface area contributed by atoms with Crippen LogP contribution >= 0.6 is 0 Å². The minimum Gasteiger partial charge on any atom is -0.326 e. The van der Waals surface area contributed by atoms with Gasteiger partial charge in [-0.25, -0.2) is 9.07 Å². The number of nitrogens with one attached hydrogen (secondary N) is 1. The van der Waals surface area contributed by atoms with Crippen molar-refractivity contribution in [3.63, 3.8) is 0 Å². The number of benzene rings is 1. The fraction of sp³-hybridized carbons (Fsp3) is 0.200. The van der Waals surface area contributed by atoms with Gasteiger partial charge in [-0.15, -0.1) is 0 Å². The summed E-state index contributed by atoms with van der Waals surface area (Å²) in [5, 5.41) is 6.98. The number of anilines is 1. The van der Waals surface area contributed by atoms with Gasteiger partial charge >= 0.3 is 0 Å². The Hall–Kier alpha value is -3.35. The Balaban J connectivity index is 1.59. The fourth-order valence-corrected chi connectivity index (χ4v) is 2.56. The molecular weight excluding hydrogens is 347 g/mol. The van der Waals surface area contributed by atoms with Crippen molar-refractivity contribution in [2.75, 3.05) is 5.32 Å². The molecule has 3 rings (SSSR count). The predicted octanol–water partition coefficient (Wildman–Crippen LogP) is 3.17. The predicted molar refractivity (Wildman–Crippen MR) is 101 cm³/mol. The van der Waals surface area contributed by atoms with Gasteiger partial charge in [-0.1, -0.05) is 6.07 Å². The Morgan fingerprint density at radius 3 is 2.81 bits per heavy atom. The third kappa shape index (κ3) is 4.84. The number of aryl methyl sites for hydroxylation is 2. The lowest BCUT2D eigenvalue weighted by Crippen LogP contribution is -2.23. The molecule has 2 aromatic heterocycles. The first-order valence-electron chi connectivity index (χ1n) is 8.57. The topological polar surface area (TPSA) is 76.9 Å². The van der Waals surface area contributed by atoms with Gasteiger partial charge in [-0.05, 0) is 49.2 Å². The minimum absolute atomic E-state index is 0.195. The molecule has 0 unspecified atom stereocenters. The van der Waals surface area contributed by atoms with Crippen molar-refractivity contribution in [3.8, 4) is 11.3 Å². The van der Waals surface area contributed by atoms with Crippen LogP contribution < -0.4 is 10.9 Å². The van der Waals surface area contributed by atoms with E-state index in [1.807, 2.05) is 6.07 Å². The number of nitrogens with zero attached hydrogens (tertiary/aromatic N) is 3. The van der Waals surface area contributed by atoms with Gasteiger partial charge in [0.1, 0.15) is 5.82 Å². The summed E-state index contributed by atoms with van der Waals surface area (Å²) in [6, 6.07) is 11.3. The summed E-state index contributed by atoms with van der Waals surface area (Å²) >= 11 is 0. The molecule has 138 valence electrons. The molecular formula is C20H19FN4O2. The minimum atomic E-state index is -0.365. The van der Waals surface area contributed by atoms with Gasteiger partial charge in [-0.2, -0.15) is 5.10 Å². The van der Waals surface area contributed by atoms with Crippen molar-refractivity contribution < 1.29 is 9.18 Å². The zero-order chi connectivity index (χ0) is 19.2. The molecule has 1 aromatic carbocycles. The Morgan fingerprint density at radius 1 is 1.22 bits per heavy atom. The second kappa shape index (κ2) is 8.35. The summed E-state index contributed by atoms with van der Waals surface area (Å²) in [5.41, 5.74) is 2.15. The van der Waals surface area contributed by atoms with E-state index < -0.39 is 0 Å². The third-order valence-corrected chi connectivity index (χ3v) is 4.05. The highest BCUT2D eigenvalue weighted by Gasteiger charge is 2.07. The molecule has 0 saturated heterocycles. The lowest BCUT2D eigenvalue weighted by molar-refractivity contribution is -0.116. The highest BCUT2D eigenvalue weighted by atomic mass is 19.1. The molecule has 0 saturated carbocycles. The van der Waals surface area contributed by atoms with Crippen LogP contribution in [0.3, 0.4) is 0 Å². The number of aromatic nitrogens is 3. The zero-order valence-corrected chi connectivity index (χ0v) is 14.9. The van der Waals surface area contributed by atoms with Crippen LogP contribution in [-0.2, 0) is 11.3 Å². The summed E-state index contributed by atoms with van der Waals surface area (Å²) in [5.74, 6) is -0.606. The average molecular weight is 366 g/mol. The number of halogens is 1. The molecule has 1 amide bonds. The average Bonchev–Trinajstić information content (AvgIpc) is 2.67. The van der Waals surface area contributed by atoms with E-state index in [0.29, 0.717) is 29.9 Å². The van der Waals surface area contributed by atoms with E-state index >= 15 is 0 Å². The van der Waals surface area contributed by atoms with Gasteiger partial charge in [0.15, 0.2) is 0 Å². The highest BCUT2D eigenvalue weighted by molar-refractivity contribution is 5.90. The van der Waals surface area contributed by atoms with Gasteiger partial charge in [0, 0.05) is 42.7 Å². The number of pyridine rings is 1.